The molecule has 1 aromatic heterocycles. The number of aromatic nitrogens is 1. The second-order valence-corrected chi connectivity index (χ2v) is 11.9. The summed E-state index contributed by atoms with van der Waals surface area (Å²) in [7, 11) is 1.74. The number of aliphatic hydroxyl groups excluding tert-OH is 1. The number of hydrogen-bond donors (Lipinski definition) is 1. The van der Waals surface area contributed by atoms with Crippen LogP contribution in [0.3, 0.4) is 0 Å². The maximum atomic E-state index is 8.97. The Hall–Kier alpha value is -2.11. The standard InChI is InChI=1S/C35H54ClN2O3/c1-3-4-5-6-7-8-9-12-15-18-32-30-20-21-33(40-2)35(41-26-17-14-11-10-13-16-25-39)31(30)23-24-38(32)28-29-19-22-34(36)37-27-29/h19-22,27,39H,3-18,23-26,28H2,1-2H3/q+1. The van der Waals surface area contributed by atoms with E-state index in [1.165, 1.54) is 93.0 Å². The van der Waals surface area contributed by atoms with Crippen molar-refractivity contribution in [3.63, 3.8) is 0 Å². The zero-order chi connectivity index (χ0) is 29.1. The Labute approximate surface area is 254 Å². The van der Waals surface area contributed by atoms with E-state index in [0.717, 1.165) is 63.1 Å². The molecule has 41 heavy (non-hydrogen) atoms. The van der Waals surface area contributed by atoms with Crippen molar-refractivity contribution in [1.29, 1.82) is 0 Å². The monoisotopic (exact) mass is 585 g/mol. The van der Waals surface area contributed by atoms with E-state index in [1.807, 2.05) is 12.3 Å². The van der Waals surface area contributed by atoms with Crippen molar-refractivity contribution in [2.45, 2.75) is 123 Å². The number of ether oxygens (including phenoxy) is 2. The molecule has 2 aromatic rings. The summed E-state index contributed by atoms with van der Waals surface area (Å²) in [6, 6.07) is 8.32. The van der Waals surface area contributed by atoms with Gasteiger partial charge in [0.05, 0.1) is 13.7 Å². The van der Waals surface area contributed by atoms with Crippen molar-refractivity contribution in [1.82, 2.24) is 4.98 Å². The molecule has 0 aliphatic carbocycles. The van der Waals surface area contributed by atoms with Crippen molar-refractivity contribution in [3.05, 3.63) is 52.3 Å². The van der Waals surface area contributed by atoms with E-state index in [1.54, 1.807) is 7.11 Å². The van der Waals surface area contributed by atoms with E-state index in [-0.39, 0.29) is 0 Å². The van der Waals surface area contributed by atoms with Crippen LogP contribution in [0.15, 0.2) is 30.5 Å². The highest BCUT2D eigenvalue weighted by atomic mass is 35.5. The maximum absolute atomic E-state index is 8.97. The predicted octanol–water partition coefficient (Wildman–Crippen LogP) is 8.93. The highest BCUT2D eigenvalue weighted by Gasteiger charge is 2.29. The molecule has 1 aliphatic heterocycles. The summed E-state index contributed by atoms with van der Waals surface area (Å²) in [6.45, 7) is 5.09. The zero-order valence-electron chi connectivity index (χ0n) is 25.8. The third-order valence-electron chi connectivity index (χ3n) is 8.25. The highest BCUT2D eigenvalue weighted by molar-refractivity contribution is 6.29. The molecule has 0 radical (unpaired) electrons. The lowest BCUT2D eigenvalue weighted by Gasteiger charge is -2.23. The van der Waals surface area contributed by atoms with Crippen LogP contribution in [-0.4, -0.2) is 47.2 Å². The smallest absolute Gasteiger partial charge is 0.184 e. The van der Waals surface area contributed by atoms with Gasteiger partial charge in [-0.1, -0.05) is 95.6 Å². The van der Waals surface area contributed by atoms with Crippen molar-refractivity contribution < 1.29 is 19.2 Å². The van der Waals surface area contributed by atoms with Crippen molar-refractivity contribution >= 4 is 17.3 Å². The quantitative estimate of drug-likeness (QED) is 0.0851. The Morgan fingerprint density at radius 1 is 0.854 bits per heavy atom. The zero-order valence-corrected chi connectivity index (χ0v) is 26.5. The molecule has 6 heteroatoms. The number of methoxy groups -OCH3 is 1. The summed E-state index contributed by atoms with van der Waals surface area (Å²) < 4.78 is 14.8. The second kappa shape index (κ2) is 19.9. The Balaban J connectivity index is 1.69. The van der Waals surface area contributed by atoms with E-state index in [4.69, 9.17) is 26.2 Å². The van der Waals surface area contributed by atoms with Crippen LogP contribution in [0.2, 0.25) is 5.15 Å². The Morgan fingerprint density at radius 2 is 1.54 bits per heavy atom. The molecule has 2 heterocycles. The Kier molecular flexibility index (Phi) is 16.2. The van der Waals surface area contributed by atoms with Crippen LogP contribution in [0, 0.1) is 0 Å². The summed E-state index contributed by atoms with van der Waals surface area (Å²) in [5.41, 5.74) is 5.22. The van der Waals surface area contributed by atoms with Crippen LogP contribution in [-0.2, 0) is 13.0 Å². The van der Waals surface area contributed by atoms with Crippen molar-refractivity contribution in [2.24, 2.45) is 0 Å². The summed E-state index contributed by atoms with van der Waals surface area (Å²) in [5, 5.41) is 9.51. The minimum absolute atomic E-state index is 0.300. The third kappa shape index (κ3) is 11.6. The van der Waals surface area contributed by atoms with Gasteiger partial charge in [-0.2, -0.15) is 0 Å². The van der Waals surface area contributed by atoms with Gasteiger partial charge < -0.3 is 14.6 Å². The molecule has 1 N–H and O–H groups in total. The van der Waals surface area contributed by atoms with Crippen LogP contribution in [0.5, 0.6) is 11.5 Å². The van der Waals surface area contributed by atoms with Crippen molar-refractivity contribution in [3.8, 4) is 11.5 Å². The maximum Gasteiger partial charge on any atom is 0.184 e. The minimum atomic E-state index is 0.300. The summed E-state index contributed by atoms with van der Waals surface area (Å²) >= 11 is 6.07. The fraction of sp³-hybridized carbons (Fsp3) is 0.657. The summed E-state index contributed by atoms with van der Waals surface area (Å²) in [6.07, 6.45) is 22.5. The molecule has 0 spiro atoms. The normalized spacial score (nSPS) is 13.0. The van der Waals surface area contributed by atoms with Crippen LogP contribution in [0.1, 0.15) is 126 Å². The SMILES string of the molecule is CCCCCCCCCCCC1=[N+](Cc2ccc(Cl)nc2)CCc2c1ccc(OC)c2OCCCCCCCCO. The topological polar surface area (TPSA) is 54.6 Å². The van der Waals surface area contributed by atoms with E-state index >= 15 is 0 Å². The van der Waals surface area contributed by atoms with Gasteiger partial charge in [-0.15, -0.1) is 0 Å². The van der Waals surface area contributed by atoms with Gasteiger partial charge in [0.25, 0.3) is 0 Å². The first kappa shape index (κ1) is 33.4. The number of halogens is 1. The number of unbranched alkanes of at least 4 members (excludes halogenated alkanes) is 13. The van der Waals surface area contributed by atoms with Gasteiger partial charge >= 0.3 is 0 Å². The lowest BCUT2D eigenvalue weighted by Crippen LogP contribution is -2.30. The fourth-order valence-corrected chi connectivity index (χ4v) is 5.99. The van der Waals surface area contributed by atoms with Crippen molar-refractivity contribution in [2.75, 3.05) is 26.9 Å². The summed E-state index contributed by atoms with van der Waals surface area (Å²) in [5.74, 6) is 1.77. The van der Waals surface area contributed by atoms with Gasteiger partial charge in [-0.3, -0.25) is 0 Å². The first-order valence-electron chi connectivity index (χ1n) is 16.3. The molecular formula is C35H54ClN2O3+. The van der Waals surface area contributed by atoms with Crippen LogP contribution in [0.25, 0.3) is 0 Å². The number of aliphatic hydroxyl groups is 1. The highest BCUT2D eigenvalue weighted by Crippen LogP contribution is 2.37. The number of hydrogen-bond acceptors (Lipinski definition) is 4. The molecule has 0 saturated heterocycles. The average molecular weight is 586 g/mol. The van der Waals surface area contributed by atoms with Gasteiger partial charge in [-0.05, 0) is 43.5 Å². The number of pyridine rings is 1. The van der Waals surface area contributed by atoms with E-state index in [2.05, 4.69) is 34.7 Å². The lowest BCUT2D eigenvalue weighted by atomic mass is 9.92. The van der Waals surface area contributed by atoms with Gasteiger partial charge in [0.1, 0.15) is 11.7 Å². The minimum Gasteiger partial charge on any atom is -0.493 e. The number of nitrogens with zero attached hydrogens (tertiary/aromatic N) is 2. The molecule has 228 valence electrons. The molecule has 3 rings (SSSR count). The fourth-order valence-electron chi connectivity index (χ4n) is 5.88. The Bertz CT molecular complexity index is 1040. The number of fused-ring (bicyclic) bond motifs is 1. The Morgan fingerprint density at radius 3 is 2.20 bits per heavy atom. The number of benzene rings is 1. The van der Waals surface area contributed by atoms with Gasteiger partial charge in [-0.25, -0.2) is 9.56 Å². The predicted molar refractivity (Wildman–Crippen MR) is 171 cm³/mol. The molecule has 0 fully saturated rings. The molecular weight excluding hydrogens is 532 g/mol. The first-order valence-corrected chi connectivity index (χ1v) is 16.7. The molecule has 0 saturated carbocycles. The molecule has 0 bridgehead atoms. The van der Waals surface area contributed by atoms with E-state index in [9.17, 15) is 0 Å². The van der Waals surface area contributed by atoms with Crippen LogP contribution in [0.4, 0.5) is 0 Å². The van der Waals surface area contributed by atoms with E-state index < -0.39 is 0 Å². The molecule has 0 unspecified atom stereocenters. The van der Waals surface area contributed by atoms with Crippen LogP contribution >= 0.6 is 11.6 Å². The number of rotatable bonds is 22. The van der Waals surface area contributed by atoms with E-state index in [0.29, 0.717) is 18.4 Å². The first-order chi connectivity index (χ1) is 20.2. The third-order valence-corrected chi connectivity index (χ3v) is 8.47. The second-order valence-electron chi connectivity index (χ2n) is 11.5. The largest absolute Gasteiger partial charge is 0.493 e. The average Bonchev–Trinajstić information content (AvgIpc) is 2.99. The van der Waals surface area contributed by atoms with Crippen LogP contribution < -0.4 is 9.47 Å². The van der Waals surface area contributed by atoms with Gasteiger partial charge in [0.2, 0.25) is 0 Å². The van der Waals surface area contributed by atoms with Gasteiger partial charge in [0, 0.05) is 42.3 Å². The molecule has 1 aromatic carbocycles. The molecule has 0 atom stereocenters. The van der Waals surface area contributed by atoms with Gasteiger partial charge in [0.15, 0.2) is 23.8 Å². The molecule has 0 amide bonds. The molecule has 1 aliphatic rings. The molecule has 5 nitrogen and oxygen atoms in total. The lowest BCUT2D eigenvalue weighted by molar-refractivity contribution is -0.545. The summed E-state index contributed by atoms with van der Waals surface area (Å²) in [4.78, 5) is 4.32.